The van der Waals surface area contributed by atoms with Gasteiger partial charge in [0.15, 0.2) is 5.12 Å². The Morgan fingerprint density at radius 1 is 1.41 bits per heavy atom. The molecule has 0 aliphatic carbocycles. The molecule has 17 heavy (non-hydrogen) atoms. The Bertz CT molecular complexity index is 424. The summed E-state index contributed by atoms with van der Waals surface area (Å²) >= 11 is 1.11. The normalized spacial score (nSPS) is 12.0. The van der Waals surface area contributed by atoms with Gasteiger partial charge in [-0.2, -0.15) is 13.2 Å². The largest absolute Gasteiger partial charge is 0.416 e. The highest BCUT2D eigenvalue weighted by Gasteiger charge is 2.30. The highest BCUT2D eigenvalue weighted by molar-refractivity contribution is 8.13. The lowest BCUT2D eigenvalue weighted by molar-refractivity contribution is -0.137. The van der Waals surface area contributed by atoms with E-state index in [9.17, 15) is 18.0 Å². The van der Waals surface area contributed by atoms with Crippen molar-refractivity contribution in [3.05, 3.63) is 41.5 Å². The van der Waals surface area contributed by atoms with E-state index >= 15 is 0 Å². The molecule has 0 aromatic heterocycles. The first-order chi connectivity index (χ1) is 7.89. The lowest BCUT2D eigenvalue weighted by atomic mass is 10.1. The maximum atomic E-state index is 12.4. The van der Waals surface area contributed by atoms with Crippen LogP contribution in [0.4, 0.5) is 13.2 Å². The van der Waals surface area contributed by atoms with Gasteiger partial charge in [-0.3, -0.25) is 4.79 Å². The van der Waals surface area contributed by atoms with Gasteiger partial charge in [0.1, 0.15) is 0 Å². The third kappa shape index (κ3) is 5.08. The number of rotatable bonds is 3. The number of alkyl halides is 3. The van der Waals surface area contributed by atoms with Crippen LogP contribution in [0.3, 0.4) is 0 Å². The van der Waals surface area contributed by atoms with Gasteiger partial charge in [0.25, 0.3) is 0 Å². The molecule has 0 unspecified atom stereocenters. The zero-order valence-corrected chi connectivity index (χ0v) is 9.94. The molecule has 0 fully saturated rings. The summed E-state index contributed by atoms with van der Waals surface area (Å²) in [6.07, 6.45) is -1.08. The third-order valence-electron chi connectivity index (χ3n) is 1.91. The molecule has 1 aromatic rings. The summed E-state index contributed by atoms with van der Waals surface area (Å²) < 4.78 is 37.2. The van der Waals surface area contributed by atoms with E-state index in [1.54, 1.807) is 18.2 Å². The zero-order chi connectivity index (χ0) is 12.9. The van der Waals surface area contributed by atoms with E-state index in [1.165, 1.54) is 13.0 Å². The molecule has 0 saturated carbocycles. The molecule has 0 N–H and O–H groups in total. The predicted molar refractivity (Wildman–Crippen MR) is 63.6 cm³/mol. The van der Waals surface area contributed by atoms with Crippen LogP contribution in [-0.2, 0) is 11.0 Å². The van der Waals surface area contributed by atoms with Crippen molar-refractivity contribution in [1.82, 2.24) is 0 Å². The van der Waals surface area contributed by atoms with Crippen LogP contribution in [0.5, 0.6) is 0 Å². The van der Waals surface area contributed by atoms with E-state index < -0.39 is 11.7 Å². The molecule has 5 heteroatoms. The minimum atomic E-state index is -4.32. The van der Waals surface area contributed by atoms with Crippen LogP contribution in [0.25, 0.3) is 6.08 Å². The molecule has 0 spiro atoms. The number of carbonyl (C=O) groups excluding carboxylic acids is 1. The van der Waals surface area contributed by atoms with Crippen LogP contribution in [0.2, 0.25) is 0 Å². The van der Waals surface area contributed by atoms with Crippen LogP contribution in [-0.4, -0.2) is 10.9 Å². The number of halogens is 3. The number of thioether (sulfide) groups is 1. The lowest BCUT2D eigenvalue weighted by Gasteiger charge is -2.06. The van der Waals surface area contributed by atoms with E-state index in [0.29, 0.717) is 11.3 Å². The maximum absolute atomic E-state index is 12.4. The summed E-state index contributed by atoms with van der Waals surface area (Å²) in [5, 5.41) is -0.0151. The first-order valence-corrected chi connectivity index (χ1v) is 5.85. The SMILES string of the molecule is CC(=O)SCC=Cc1cccc(C(F)(F)F)c1. The van der Waals surface area contributed by atoms with Crippen molar-refractivity contribution >= 4 is 23.0 Å². The second kappa shape index (κ2) is 5.91. The van der Waals surface area contributed by atoms with Gasteiger partial charge in [-0.15, -0.1) is 0 Å². The topological polar surface area (TPSA) is 17.1 Å². The molecule has 1 rings (SSSR count). The van der Waals surface area contributed by atoms with E-state index in [-0.39, 0.29) is 5.12 Å². The molecular weight excluding hydrogens is 249 g/mol. The molecule has 0 bridgehead atoms. The van der Waals surface area contributed by atoms with Crippen LogP contribution >= 0.6 is 11.8 Å². The van der Waals surface area contributed by atoms with Crippen molar-refractivity contribution in [2.24, 2.45) is 0 Å². The van der Waals surface area contributed by atoms with Gasteiger partial charge in [0, 0.05) is 12.7 Å². The lowest BCUT2D eigenvalue weighted by Crippen LogP contribution is -2.04. The predicted octanol–water partition coefficient (Wildman–Crippen LogP) is 4.00. The molecule has 0 radical (unpaired) electrons. The highest BCUT2D eigenvalue weighted by atomic mass is 32.2. The van der Waals surface area contributed by atoms with E-state index in [0.717, 1.165) is 23.9 Å². The fraction of sp³-hybridized carbons (Fsp3) is 0.250. The molecule has 1 aromatic carbocycles. The van der Waals surface area contributed by atoms with E-state index in [2.05, 4.69) is 0 Å². The summed E-state index contributed by atoms with van der Waals surface area (Å²) in [6.45, 7) is 1.45. The average Bonchev–Trinajstić information content (AvgIpc) is 2.23. The number of carbonyl (C=O) groups is 1. The molecule has 0 aliphatic rings. The summed E-state index contributed by atoms with van der Waals surface area (Å²) in [6, 6.07) is 5.06. The summed E-state index contributed by atoms with van der Waals surface area (Å²) in [4.78, 5) is 10.6. The number of hydrogen-bond acceptors (Lipinski definition) is 2. The Kier molecular flexibility index (Phi) is 4.81. The standard InChI is InChI=1S/C12H11F3OS/c1-9(16)17-7-3-5-10-4-2-6-11(8-10)12(13,14)15/h2-6,8H,7H2,1H3. The first-order valence-electron chi connectivity index (χ1n) is 4.87. The van der Waals surface area contributed by atoms with Gasteiger partial charge < -0.3 is 0 Å². The Hall–Kier alpha value is -1.23. The molecule has 0 saturated heterocycles. The fourth-order valence-electron chi connectivity index (χ4n) is 1.17. The molecule has 0 heterocycles. The smallest absolute Gasteiger partial charge is 0.288 e. The highest BCUT2D eigenvalue weighted by Crippen LogP contribution is 2.29. The van der Waals surface area contributed by atoms with Crippen LogP contribution in [0.1, 0.15) is 18.1 Å². The molecule has 92 valence electrons. The minimum absolute atomic E-state index is 0.0151. The van der Waals surface area contributed by atoms with Crippen LogP contribution in [0.15, 0.2) is 30.3 Å². The number of hydrogen-bond donors (Lipinski definition) is 0. The molecule has 0 atom stereocenters. The van der Waals surface area contributed by atoms with Crippen molar-refractivity contribution in [3.8, 4) is 0 Å². The first kappa shape index (κ1) is 13.8. The van der Waals surface area contributed by atoms with Crippen molar-refractivity contribution in [1.29, 1.82) is 0 Å². The minimum Gasteiger partial charge on any atom is -0.288 e. The van der Waals surface area contributed by atoms with E-state index in [4.69, 9.17) is 0 Å². The fourth-order valence-corrected chi connectivity index (χ4v) is 1.60. The second-order valence-electron chi connectivity index (χ2n) is 3.33. The molecule has 0 amide bonds. The molecule has 1 nitrogen and oxygen atoms in total. The van der Waals surface area contributed by atoms with Gasteiger partial charge >= 0.3 is 6.18 Å². The van der Waals surface area contributed by atoms with Crippen molar-refractivity contribution < 1.29 is 18.0 Å². The summed E-state index contributed by atoms with van der Waals surface area (Å²) in [5.41, 5.74) is -0.192. The van der Waals surface area contributed by atoms with Crippen molar-refractivity contribution in [2.75, 3.05) is 5.75 Å². The Balaban J connectivity index is 2.69. The van der Waals surface area contributed by atoms with Crippen molar-refractivity contribution in [2.45, 2.75) is 13.1 Å². The average molecular weight is 260 g/mol. The monoisotopic (exact) mass is 260 g/mol. The summed E-state index contributed by atoms with van der Waals surface area (Å²) in [7, 11) is 0. The zero-order valence-electron chi connectivity index (χ0n) is 9.12. The van der Waals surface area contributed by atoms with Gasteiger partial charge in [0.2, 0.25) is 0 Å². The quantitative estimate of drug-likeness (QED) is 0.817. The Labute approximate surface area is 102 Å². The van der Waals surface area contributed by atoms with Gasteiger partial charge in [-0.1, -0.05) is 36.0 Å². The van der Waals surface area contributed by atoms with Gasteiger partial charge in [-0.05, 0) is 17.7 Å². The van der Waals surface area contributed by atoms with Crippen LogP contribution in [0, 0.1) is 0 Å². The second-order valence-corrected chi connectivity index (χ2v) is 4.53. The van der Waals surface area contributed by atoms with E-state index in [1.807, 2.05) is 0 Å². The number of benzene rings is 1. The Morgan fingerprint density at radius 3 is 2.71 bits per heavy atom. The molecule has 0 aliphatic heterocycles. The third-order valence-corrected chi connectivity index (χ3v) is 2.67. The maximum Gasteiger partial charge on any atom is 0.416 e. The Morgan fingerprint density at radius 2 is 2.12 bits per heavy atom. The van der Waals surface area contributed by atoms with Crippen LogP contribution < -0.4 is 0 Å². The molecular formula is C12H11F3OS. The van der Waals surface area contributed by atoms with Gasteiger partial charge in [0.05, 0.1) is 5.56 Å². The van der Waals surface area contributed by atoms with Crippen molar-refractivity contribution in [3.63, 3.8) is 0 Å². The van der Waals surface area contributed by atoms with Gasteiger partial charge in [-0.25, -0.2) is 0 Å². The summed E-state index contributed by atoms with van der Waals surface area (Å²) in [5.74, 6) is 0.464.